The lowest BCUT2D eigenvalue weighted by Crippen LogP contribution is -2.31. The van der Waals surface area contributed by atoms with Crippen LogP contribution in [0.15, 0.2) is 30.3 Å². The Morgan fingerprint density at radius 1 is 1.31 bits per heavy atom. The minimum Gasteiger partial charge on any atom is -0.389 e. The lowest BCUT2D eigenvalue weighted by molar-refractivity contribution is 0.0244. The number of likely N-dealkylation sites (N-methyl/N-ethyl adjacent to an activating group) is 1. The molecule has 0 radical (unpaired) electrons. The van der Waals surface area contributed by atoms with Crippen LogP contribution in [-0.4, -0.2) is 42.9 Å². The van der Waals surface area contributed by atoms with Crippen LogP contribution in [0.3, 0.4) is 0 Å². The molecule has 1 unspecified atom stereocenters. The van der Waals surface area contributed by atoms with Gasteiger partial charge in [-0.25, -0.2) is 0 Å². The minimum atomic E-state index is -0.409. The number of aliphatic hydroxyl groups is 1. The summed E-state index contributed by atoms with van der Waals surface area (Å²) in [4.78, 5) is 2.10. The molecule has 0 aliphatic carbocycles. The minimum absolute atomic E-state index is 0.409. The van der Waals surface area contributed by atoms with Gasteiger partial charge in [-0.2, -0.15) is 0 Å². The van der Waals surface area contributed by atoms with Crippen molar-refractivity contribution < 1.29 is 9.84 Å². The lowest BCUT2D eigenvalue weighted by Gasteiger charge is -2.20. The molecule has 0 heterocycles. The maximum absolute atomic E-state index is 9.66. The molecule has 1 rings (SSSR count). The van der Waals surface area contributed by atoms with Gasteiger partial charge < -0.3 is 9.84 Å². The molecule has 0 bridgehead atoms. The second-order valence-electron chi connectivity index (χ2n) is 4.00. The first-order valence-electron chi connectivity index (χ1n) is 5.70. The maximum Gasteiger partial charge on any atom is 0.0900 e. The van der Waals surface area contributed by atoms with Crippen LogP contribution in [0.5, 0.6) is 0 Å². The van der Waals surface area contributed by atoms with E-state index in [-0.39, 0.29) is 0 Å². The van der Waals surface area contributed by atoms with Gasteiger partial charge >= 0.3 is 0 Å². The van der Waals surface area contributed by atoms with Crippen LogP contribution in [0.4, 0.5) is 0 Å². The molecule has 1 atom stereocenters. The van der Waals surface area contributed by atoms with Crippen molar-refractivity contribution in [3.63, 3.8) is 0 Å². The number of ether oxygens (including phenoxy) is 1. The average molecular weight is 223 g/mol. The standard InChI is InChI=1S/C13H21NO2/c1-3-16-11-13(15)10-14(2)9-12-7-5-4-6-8-12/h4-8,13,15H,3,9-11H2,1-2H3. The summed E-state index contributed by atoms with van der Waals surface area (Å²) >= 11 is 0. The van der Waals surface area contributed by atoms with Crippen molar-refractivity contribution in [3.05, 3.63) is 35.9 Å². The van der Waals surface area contributed by atoms with E-state index >= 15 is 0 Å². The molecule has 16 heavy (non-hydrogen) atoms. The van der Waals surface area contributed by atoms with Gasteiger partial charge in [0.2, 0.25) is 0 Å². The fraction of sp³-hybridized carbons (Fsp3) is 0.538. The molecule has 0 saturated carbocycles. The fourth-order valence-electron chi connectivity index (χ4n) is 1.63. The van der Waals surface area contributed by atoms with Gasteiger partial charge in [-0.15, -0.1) is 0 Å². The summed E-state index contributed by atoms with van der Waals surface area (Å²) in [7, 11) is 2.00. The number of benzene rings is 1. The average Bonchev–Trinajstić information content (AvgIpc) is 2.27. The Hall–Kier alpha value is -0.900. The van der Waals surface area contributed by atoms with E-state index in [2.05, 4.69) is 17.0 Å². The number of hydrogen-bond acceptors (Lipinski definition) is 3. The second kappa shape index (κ2) is 7.39. The van der Waals surface area contributed by atoms with Crippen LogP contribution < -0.4 is 0 Å². The third-order valence-electron chi connectivity index (χ3n) is 2.33. The Labute approximate surface area is 97.7 Å². The molecular formula is C13H21NO2. The molecule has 1 aromatic rings. The van der Waals surface area contributed by atoms with Gasteiger partial charge in [-0.3, -0.25) is 4.90 Å². The van der Waals surface area contributed by atoms with Crippen molar-refractivity contribution in [2.45, 2.75) is 19.6 Å². The van der Waals surface area contributed by atoms with Gasteiger partial charge in [0, 0.05) is 19.7 Å². The summed E-state index contributed by atoms with van der Waals surface area (Å²) in [5.41, 5.74) is 1.26. The summed E-state index contributed by atoms with van der Waals surface area (Å²) in [6.45, 7) is 4.48. The highest BCUT2D eigenvalue weighted by molar-refractivity contribution is 5.14. The van der Waals surface area contributed by atoms with E-state index in [0.717, 1.165) is 6.54 Å². The molecule has 0 saturated heterocycles. The third kappa shape index (κ3) is 5.26. The zero-order valence-electron chi connectivity index (χ0n) is 10.1. The highest BCUT2D eigenvalue weighted by Gasteiger charge is 2.08. The second-order valence-corrected chi connectivity index (χ2v) is 4.00. The van der Waals surface area contributed by atoms with Crippen LogP contribution in [0, 0.1) is 0 Å². The fourth-order valence-corrected chi connectivity index (χ4v) is 1.63. The Morgan fingerprint density at radius 2 is 2.00 bits per heavy atom. The first-order chi connectivity index (χ1) is 7.72. The zero-order chi connectivity index (χ0) is 11.8. The maximum atomic E-state index is 9.66. The number of nitrogens with zero attached hydrogens (tertiary/aromatic N) is 1. The molecule has 1 N–H and O–H groups in total. The SMILES string of the molecule is CCOCC(O)CN(C)Cc1ccccc1. The van der Waals surface area contributed by atoms with Gasteiger partial charge in [0.05, 0.1) is 12.7 Å². The Kier molecular flexibility index (Phi) is 6.08. The largest absolute Gasteiger partial charge is 0.389 e. The van der Waals surface area contributed by atoms with Crippen molar-refractivity contribution in [2.24, 2.45) is 0 Å². The van der Waals surface area contributed by atoms with E-state index in [1.165, 1.54) is 5.56 Å². The van der Waals surface area contributed by atoms with Crippen molar-refractivity contribution in [2.75, 3.05) is 26.8 Å². The van der Waals surface area contributed by atoms with Crippen LogP contribution in [0.2, 0.25) is 0 Å². The molecule has 0 aromatic heterocycles. The van der Waals surface area contributed by atoms with Crippen LogP contribution >= 0.6 is 0 Å². The van der Waals surface area contributed by atoms with Crippen molar-refractivity contribution in [1.82, 2.24) is 4.90 Å². The first-order valence-corrected chi connectivity index (χ1v) is 5.70. The van der Waals surface area contributed by atoms with Crippen LogP contribution in [0.25, 0.3) is 0 Å². The molecule has 3 heteroatoms. The summed E-state index contributed by atoms with van der Waals surface area (Å²) in [5, 5.41) is 9.66. The summed E-state index contributed by atoms with van der Waals surface area (Å²) in [5.74, 6) is 0. The third-order valence-corrected chi connectivity index (χ3v) is 2.33. The normalized spacial score (nSPS) is 13.0. The van der Waals surface area contributed by atoms with Crippen LogP contribution in [0.1, 0.15) is 12.5 Å². The van der Waals surface area contributed by atoms with Gasteiger partial charge in [0.25, 0.3) is 0 Å². The monoisotopic (exact) mass is 223 g/mol. The van der Waals surface area contributed by atoms with E-state index < -0.39 is 6.10 Å². The molecule has 90 valence electrons. The van der Waals surface area contributed by atoms with Gasteiger partial charge in [-0.05, 0) is 19.5 Å². The molecule has 1 aromatic carbocycles. The van der Waals surface area contributed by atoms with Crippen LogP contribution in [-0.2, 0) is 11.3 Å². The van der Waals surface area contributed by atoms with E-state index in [1.54, 1.807) is 0 Å². The van der Waals surface area contributed by atoms with E-state index in [4.69, 9.17) is 4.74 Å². The predicted octanol–water partition coefficient (Wildman–Crippen LogP) is 1.52. The lowest BCUT2D eigenvalue weighted by atomic mass is 10.2. The van der Waals surface area contributed by atoms with E-state index in [1.807, 2.05) is 32.2 Å². The molecule has 3 nitrogen and oxygen atoms in total. The van der Waals surface area contributed by atoms with Crippen molar-refractivity contribution in [3.8, 4) is 0 Å². The highest BCUT2D eigenvalue weighted by atomic mass is 16.5. The van der Waals surface area contributed by atoms with E-state index in [0.29, 0.717) is 19.8 Å². The first kappa shape index (κ1) is 13.2. The van der Waals surface area contributed by atoms with Gasteiger partial charge in [0.1, 0.15) is 0 Å². The summed E-state index contributed by atoms with van der Waals surface area (Å²) < 4.78 is 5.17. The molecule has 0 aliphatic heterocycles. The highest BCUT2D eigenvalue weighted by Crippen LogP contribution is 2.03. The topological polar surface area (TPSA) is 32.7 Å². The number of rotatable bonds is 7. The summed E-state index contributed by atoms with van der Waals surface area (Å²) in [6, 6.07) is 10.2. The zero-order valence-corrected chi connectivity index (χ0v) is 10.1. The number of hydrogen-bond donors (Lipinski definition) is 1. The van der Waals surface area contributed by atoms with Gasteiger partial charge in [-0.1, -0.05) is 30.3 Å². The van der Waals surface area contributed by atoms with E-state index in [9.17, 15) is 5.11 Å². The summed E-state index contributed by atoms with van der Waals surface area (Å²) in [6.07, 6.45) is -0.409. The molecule has 0 amide bonds. The Balaban J connectivity index is 2.27. The molecule has 0 fully saturated rings. The van der Waals surface area contributed by atoms with Crippen molar-refractivity contribution >= 4 is 0 Å². The van der Waals surface area contributed by atoms with Crippen molar-refractivity contribution in [1.29, 1.82) is 0 Å². The number of aliphatic hydroxyl groups excluding tert-OH is 1. The predicted molar refractivity (Wildman–Crippen MR) is 65.3 cm³/mol. The molecule has 0 aliphatic rings. The molecular weight excluding hydrogens is 202 g/mol. The quantitative estimate of drug-likeness (QED) is 0.760. The Morgan fingerprint density at radius 3 is 2.62 bits per heavy atom. The Bertz CT molecular complexity index is 277. The smallest absolute Gasteiger partial charge is 0.0900 e. The molecule has 0 spiro atoms. The van der Waals surface area contributed by atoms with Gasteiger partial charge in [0.15, 0.2) is 0 Å².